The van der Waals surface area contributed by atoms with Crippen molar-refractivity contribution in [3.05, 3.63) is 54.1 Å². The summed E-state index contributed by atoms with van der Waals surface area (Å²) in [5, 5.41) is 9.09. The Morgan fingerprint density at radius 2 is 1.76 bits per heavy atom. The topological polar surface area (TPSA) is 88.7 Å². The van der Waals surface area contributed by atoms with Gasteiger partial charge in [0.15, 0.2) is 0 Å². The quantitative estimate of drug-likeness (QED) is 0.527. The molecule has 1 unspecified atom stereocenters. The van der Waals surface area contributed by atoms with Crippen LogP contribution in [0.25, 0.3) is 0 Å². The molecule has 2 aromatic rings. The normalized spacial score (nSPS) is 18.5. The minimum atomic E-state index is -0.167. The van der Waals surface area contributed by atoms with Gasteiger partial charge in [-0.3, -0.25) is 9.59 Å². The molecule has 4 rings (SSSR count). The Kier molecular flexibility index (Phi) is 8.19. The molecular formula is C26H33N3O4. The Bertz CT molecular complexity index is 919. The van der Waals surface area contributed by atoms with E-state index < -0.39 is 0 Å². The van der Waals surface area contributed by atoms with Crippen LogP contribution in [0.5, 0.6) is 5.75 Å². The molecular weight excluding hydrogens is 418 g/mol. The maximum Gasteiger partial charge on any atom is 0.251 e. The van der Waals surface area contributed by atoms with Crippen molar-refractivity contribution in [3.8, 4) is 5.75 Å². The Morgan fingerprint density at radius 3 is 2.52 bits per heavy atom. The summed E-state index contributed by atoms with van der Waals surface area (Å²) in [7, 11) is 0. The number of nitrogens with one attached hydrogen (secondary N) is 3. The fraction of sp³-hybridized carbons (Fsp3) is 0.462. The van der Waals surface area contributed by atoms with Crippen molar-refractivity contribution >= 4 is 23.2 Å². The zero-order valence-corrected chi connectivity index (χ0v) is 19.0. The van der Waals surface area contributed by atoms with Gasteiger partial charge in [0.1, 0.15) is 12.4 Å². The maximum absolute atomic E-state index is 12.4. The van der Waals surface area contributed by atoms with Gasteiger partial charge in [0.2, 0.25) is 5.91 Å². The molecule has 7 nitrogen and oxygen atoms in total. The van der Waals surface area contributed by atoms with Gasteiger partial charge in [-0.25, -0.2) is 0 Å². The lowest BCUT2D eigenvalue weighted by Gasteiger charge is -2.22. The van der Waals surface area contributed by atoms with Crippen LogP contribution in [0, 0.1) is 0 Å². The molecule has 33 heavy (non-hydrogen) atoms. The summed E-state index contributed by atoms with van der Waals surface area (Å²) in [5.74, 6) is 0.529. The number of benzene rings is 2. The molecule has 1 heterocycles. The Hall–Kier alpha value is -3.06. The van der Waals surface area contributed by atoms with Crippen LogP contribution in [-0.4, -0.2) is 43.7 Å². The van der Waals surface area contributed by atoms with Gasteiger partial charge in [0.05, 0.1) is 12.6 Å². The molecule has 2 aromatic carbocycles. The lowest BCUT2D eigenvalue weighted by Crippen LogP contribution is -2.36. The first kappa shape index (κ1) is 23.1. The highest BCUT2D eigenvalue weighted by molar-refractivity contribution is 5.96. The number of anilines is 2. The maximum atomic E-state index is 12.4. The minimum absolute atomic E-state index is 0.0527. The molecule has 1 aliphatic carbocycles. The molecule has 3 N–H and O–H groups in total. The number of amides is 2. The van der Waals surface area contributed by atoms with Gasteiger partial charge >= 0.3 is 0 Å². The average Bonchev–Trinajstić information content (AvgIpc) is 3.37. The second kappa shape index (κ2) is 11.7. The highest BCUT2D eigenvalue weighted by Gasteiger charge is 2.17. The molecule has 1 aliphatic heterocycles. The SMILES string of the molecule is O=C(CNc1cccc(OCC2CCCO2)c1)Nc1ccc(C(=O)NC2CCCCC2)cc1. The van der Waals surface area contributed by atoms with Crippen LogP contribution in [0.1, 0.15) is 55.3 Å². The van der Waals surface area contributed by atoms with Crippen LogP contribution >= 0.6 is 0 Å². The van der Waals surface area contributed by atoms with Crippen molar-refractivity contribution < 1.29 is 19.1 Å². The van der Waals surface area contributed by atoms with Crippen LogP contribution < -0.4 is 20.7 Å². The number of ether oxygens (including phenoxy) is 2. The van der Waals surface area contributed by atoms with E-state index in [1.807, 2.05) is 24.3 Å². The van der Waals surface area contributed by atoms with Crippen molar-refractivity contribution in [2.45, 2.75) is 57.1 Å². The molecule has 0 radical (unpaired) electrons. The lowest BCUT2D eigenvalue weighted by molar-refractivity contribution is -0.114. The first-order valence-corrected chi connectivity index (χ1v) is 11.9. The number of rotatable bonds is 9. The third-order valence-corrected chi connectivity index (χ3v) is 6.12. The van der Waals surface area contributed by atoms with Crippen LogP contribution in [0.15, 0.2) is 48.5 Å². The van der Waals surface area contributed by atoms with E-state index >= 15 is 0 Å². The molecule has 2 amide bonds. The molecule has 1 atom stereocenters. The largest absolute Gasteiger partial charge is 0.491 e. The van der Waals surface area contributed by atoms with Gasteiger partial charge in [0.25, 0.3) is 5.91 Å². The monoisotopic (exact) mass is 451 g/mol. The van der Waals surface area contributed by atoms with Crippen molar-refractivity contribution in [1.29, 1.82) is 0 Å². The van der Waals surface area contributed by atoms with Crippen LogP contribution in [0.4, 0.5) is 11.4 Å². The number of carbonyl (C=O) groups excluding carboxylic acids is 2. The zero-order chi connectivity index (χ0) is 22.9. The third-order valence-electron chi connectivity index (χ3n) is 6.12. The predicted octanol–water partition coefficient (Wildman–Crippen LogP) is 4.36. The van der Waals surface area contributed by atoms with Crippen molar-refractivity contribution in [1.82, 2.24) is 5.32 Å². The Labute approximate surface area is 195 Å². The van der Waals surface area contributed by atoms with E-state index in [1.165, 1.54) is 19.3 Å². The summed E-state index contributed by atoms with van der Waals surface area (Å²) in [6, 6.07) is 14.8. The smallest absolute Gasteiger partial charge is 0.251 e. The highest BCUT2D eigenvalue weighted by atomic mass is 16.5. The highest BCUT2D eigenvalue weighted by Crippen LogP contribution is 2.20. The van der Waals surface area contributed by atoms with Crippen molar-refractivity contribution in [2.24, 2.45) is 0 Å². The summed E-state index contributed by atoms with van der Waals surface area (Å²) < 4.78 is 11.4. The van der Waals surface area contributed by atoms with E-state index in [4.69, 9.17) is 9.47 Å². The van der Waals surface area contributed by atoms with Crippen molar-refractivity contribution in [3.63, 3.8) is 0 Å². The fourth-order valence-electron chi connectivity index (χ4n) is 4.27. The van der Waals surface area contributed by atoms with E-state index in [-0.39, 0.29) is 30.5 Å². The number of carbonyl (C=O) groups is 2. The third kappa shape index (κ3) is 7.22. The average molecular weight is 452 g/mol. The van der Waals surface area contributed by atoms with Crippen molar-refractivity contribution in [2.75, 3.05) is 30.4 Å². The summed E-state index contributed by atoms with van der Waals surface area (Å²) >= 11 is 0. The molecule has 7 heteroatoms. The zero-order valence-electron chi connectivity index (χ0n) is 19.0. The van der Waals surface area contributed by atoms with Gasteiger partial charge < -0.3 is 25.4 Å². The van der Waals surface area contributed by atoms with Crippen LogP contribution in [-0.2, 0) is 9.53 Å². The van der Waals surface area contributed by atoms with Gasteiger partial charge in [-0.05, 0) is 62.1 Å². The second-order valence-corrected chi connectivity index (χ2v) is 8.76. The van der Waals surface area contributed by atoms with E-state index in [9.17, 15) is 9.59 Å². The molecule has 2 fully saturated rings. The lowest BCUT2D eigenvalue weighted by atomic mass is 9.95. The first-order valence-electron chi connectivity index (χ1n) is 11.9. The summed E-state index contributed by atoms with van der Waals surface area (Å²) in [6.07, 6.45) is 7.99. The number of hydrogen-bond donors (Lipinski definition) is 3. The molecule has 2 aliphatic rings. The summed E-state index contributed by atoms with van der Waals surface area (Å²) in [5.41, 5.74) is 2.07. The Morgan fingerprint density at radius 1 is 0.939 bits per heavy atom. The molecule has 1 saturated heterocycles. The summed E-state index contributed by atoms with van der Waals surface area (Å²) in [4.78, 5) is 24.8. The van der Waals surface area contributed by atoms with E-state index in [2.05, 4.69) is 16.0 Å². The van der Waals surface area contributed by atoms with Crippen LogP contribution in [0.2, 0.25) is 0 Å². The standard InChI is InChI=1S/C26H33N3O4/c30-25(17-27-22-8-4-9-23(16-22)33-18-24-10-5-15-32-24)28-21-13-11-19(12-14-21)26(31)29-20-6-2-1-3-7-20/h4,8-9,11-14,16,20,24,27H,1-3,5-7,10,15,17-18H2,(H,28,30)(H,29,31). The molecule has 1 saturated carbocycles. The Balaban J connectivity index is 1.21. The fourth-order valence-corrected chi connectivity index (χ4v) is 4.27. The van der Waals surface area contributed by atoms with Gasteiger partial charge in [-0.15, -0.1) is 0 Å². The van der Waals surface area contributed by atoms with E-state index in [0.29, 0.717) is 17.9 Å². The van der Waals surface area contributed by atoms with E-state index in [1.54, 1.807) is 24.3 Å². The minimum Gasteiger partial charge on any atom is -0.491 e. The second-order valence-electron chi connectivity index (χ2n) is 8.76. The molecule has 0 bridgehead atoms. The van der Waals surface area contributed by atoms with Crippen LogP contribution in [0.3, 0.4) is 0 Å². The van der Waals surface area contributed by atoms with Gasteiger partial charge in [0, 0.05) is 35.7 Å². The van der Waals surface area contributed by atoms with Gasteiger partial charge in [-0.1, -0.05) is 25.3 Å². The van der Waals surface area contributed by atoms with E-state index in [0.717, 1.165) is 43.7 Å². The number of hydrogen-bond acceptors (Lipinski definition) is 5. The summed E-state index contributed by atoms with van der Waals surface area (Å²) in [6.45, 7) is 1.47. The first-order chi connectivity index (χ1) is 16.2. The molecule has 176 valence electrons. The molecule has 0 spiro atoms. The predicted molar refractivity (Wildman–Crippen MR) is 129 cm³/mol. The van der Waals surface area contributed by atoms with Gasteiger partial charge in [-0.2, -0.15) is 0 Å². The molecule has 0 aromatic heterocycles.